The number of halogens is 3. The highest BCUT2D eigenvalue weighted by molar-refractivity contribution is 5.58. The van der Waals surface area contributed by atoms with Crippen LogP contribution in [-0.4, -0.2) is 41.8 Å². The van der Waals surface area contributed by atoms with Crippen molar-refractivity contribution >= 4 is 6.29 Å². The molecule has 1 fully saturated rings. The first-order valence-electron chi connectivity index (χ1n) is 6.07. The van der Waals surface area contributed by atoms with Gasteiger partial charge in [0.15, 0.2) is 6.29 Å². The van der Waals surface area contributed by atoms with Gasteiger partial charge in [-0.05, 0) is 11.6 Å². The average molecular weight is 289 g/mol. The molecule has 0 amide bonds. The molecule has 1 saturated heterocycles. The maximum atomic E-state index is 12.9. The van der Waals surface area contributed by atoms with Crippen LogP contribution in [-0.2, 0) is 22.3 Å². The Labute approximate surface area is 113 Å². The van der Waals surface area contributed by atoms with Gasteiger partial charge in [0, 0.05) is 13.1 Å². The zero-order valence-corrected chi connectivity index (χ0v) is 10.5. The number of nitrogens with zero attached hydrogens (tertiary/aromatic N) is 1. The number of ether oxygens (including phenoxy) is 1. The number of hydrogen-bond acceptors (Lipinski definition) is 4. The Bertz CT molecular complexity index is 478. The number of carbonyl (C=O) groups excluding carboxylic acids is 1. The van der Waals surface area contributed by atoms with Crippen LogP contribution in [0.25, 0.3) is 0 Å². The number of morpholine rings is 1. The number of benzene rings is 1. The largest absolute Gasteiger partial charge is 0.416 e. The van der Waals surface area contributed by atoms with E-state index in [4.69, 9.17) is 4.74 Å². The van der Waals surface area contributed by atoms with Crippen molar-refractivity contribution < 1.29 is 27.8 Å². The molecule has 1 N–H and O–H groups in total. The Morgan fingerprint density at radius 1 is 1.40 bits per heavy atom. The van der Waals surface area contributed by atoms with Gasteiger partial charge in [-0.3, -0.25) is 4.90 Å². The van der Waals surface area contributed by atoms with Crippen molar-refractivity contribution in [3.05, 3.63) is 35.4 Å². The lowest BCUT2D eigenvalue weighted by Gasteiger charge is -2.36. The zero-order chi connectivity index (χ0) is 14.8. The fraction of sp³-hybridized carbons (Fsp3) is 0.462. The second-order valence-electron chi connectivity index (χ2n) is 4.51. The van der Waals surface area contributed by atoms with Crippen LogP contribution < -0.4 is 0 Å². The Morgan fingerprint density at radius 3 is 2.75 bits per heavy atom. The molecule has 7 heteroatoms. The minimum atomic E-state index is -4.45. The Kier molecular flexibility index (Phi) is 4.42. The molecule has 2 rings (SSSR count). The summed E-state index contributed by atoms with van der Waals surface area (Å²) < 4.78 is 43.6. The van der Waals surface area contributed by atoms with E-state index in [2.05, 4.69) is 0 Å². The van der Waals surface area contributed by atoms with Gasteiger partial charge in [0.05, 0.1) is 12.2 Å². The van der Waals surface area contributed by atoms with Crippen molar-refractivity contribution in [2.45, 2.75) is 25.1 Å². The number of carbonyl (C=O) groups is 1. The highest BCUT2D eigenvalue weighted by Crippen LogP contribution is 2.32. The maximum Gasteiger partial charge on any atom is 0.416 e. The molecule has 1 aromatic rings. The summed E-state index contributed by atoms with van der Waals surface area (Å²) in [6.45, 7) is 0.381. The van der Waals surface area contributed by atoms with Crippen molar-refractivity contribution in [3.63, 3.8) is 0 Å². The predicted octanol–water partition coefficient (Wildman–Crippen LogP) is 1.42. The minimum absolute atomic E-state index is 0.0699. The van der Waals surface area contributed by atoms with Crippen molar-refractivity contribution in [1.82, 2.24) is 4.90 Å². The molecule has 1 heterocycles. The molecular formula is C13H14F3NO3. The van der Waals surface area contributed by atoms with Crippen molar-refractivity contribution in [3.8, 4) is 0 Å². The van der Waals surface area contributed by atoms with Crippen LogP contribution >= 0.6 is 0 Å². The van der Waals surface area contributed by atoms with E-state index in [9.17, 15) is 23.1 Å². The van der Waals surface area contributed by atoms with Crippen molar-refractivity contribution in [2.75, 3.05) is 13.2 Å². The monoisotopic (exact) mass is 289 g/mol. The normalized spacial score (nSPS) is 24.6. The van der Waals surface area contributed by atoms with Crippen LogP contribution in [0.5, 0.6) is 0 Å². The van der Waals surface area contributed by atoms with Gasteiger partial charge in [0.2, 0.25) is 0 Å². The summed E-state index contributed by atoms with van der Waals surface area (Å²) in [6, 6.07) is 4.24. The first-order chi connectivity index (χ1) is 9.43. The molecule has 0 aliphatic carbocycles. The molecule has 4 nitrogen and oxygen atoms in total. The van der Waals surface area contributed by atoms with E-state index in [-0.39, 0.29) is 25.3 Å². The van der Waals surface area contributed by atoms with Crippen LogP contribution in [0.3, 0.4) is 0 Å². The van der Waals surface area contributed by atoms with Crippen LogP contribution in [0, 0.1) is 0 Å². The van der Waals surface area contributed by atoms with E-state index >= 15 is 0 Å². The van der Waals surface area contributed by atoms with E-state index in [1.54, 1.807) is 0 Å². The highest BCUT2D eigenvalue weighted by atomic mass is 19.4. The number of alkyl halides is 3. The standard InChI is InChI=1S/C13H14F3NO3/c14-13(15,16)10-4-2-1-3-9(10)7-17-5-6-20-12(19)11(17)8-18/h1-4,8,11-12,19H,5-7H2. The van der Waals surface area contributed by atoms with E-state index in [1.165, 1.54) is 23.1 Å². The van der Waals surface area contributed by atoms with Gasteiger partial charge in [-0.1, -0.05) is 18.2 Å². The Hall–Kier alpha value is -1.44. The predicted molar refractivity (Wildman–Crippen MR) is 63.7 cm³/mol. The van der Waals surface area contributed by atoms with E-state index in [0.29, 0.717) is 6.29 Å². The summed E-state index contributed by atoms with van der Waals surface area (Å²) in [5, 5.41) is 9.53. The molecular weight excluding hydrogens is 275 g/mol. The fourth-order valence-corrected chi connectivity index (χ4v) is 2.21. The third-order valence-electron chi connectivity index (χ3n) is 3.22. The van der Waals surface area contributed by atoms with E-state index < -0.39 is 24.1 Å². The molecule has 110 valence electrons. The van der Waals surface area contributed by atoms with E-state index in [0.717, 1.165) is 6.07 Å². The third-order valence-corrected chi connectivity index (χ3v) is 3.22. The smallest absolute Gasteiger partial charge is 0.366 e. The lowest BCUT2D eigenvalue weighted by Crippen LogP contribution is -2.51. The molecule has 0 saturated carbocycles. The van der Waals surface area contributed by atoms with Gasteiger partial charge in [0.1, 0.15) is 12.3 Å². The van der Waals surface area contributed by atoms with Gasteiger partial charge >= 0.3 is 6.18 Å². The SMILES string of the molecule is O=CC1C(O)OCCN1Cc1ccccc1C(F)(F)F. The number of aliphatic hydroxyl groups excluding tert-OH is 1. The minimum Gasteiger partial charge on any atom is -0.366 e. The number of rotatable bonds is 3. The molecule has 0 aromatic heterocycles. The molecule has 1 aliphatic rings. The summed E-state index contributed by atoms with van der Waals surface area (Å²) in [7, 11) is 0. The second kappa shape index (κ2) is 5.90. The Morgan fingerprint density at radius 2 is 2.10 bits per heavy atom. The fourth-order valence-electron chi connectivity index (χ4n) is 2.21. The van der Waals surface area contributed by atoms with Crippen LogP contribution in [0.4, 0.5) is 13.2 Å². The quantitative estimate of drug-likeness (QED) is 0.855. The van der Waals surface area contributed by atoms with Crippen LogP contribution in [0.1, 0.15) is 11.1 Å². The van der Waals surface area contributed by atoms with Gasteiger partial charge in [-0.25, -0.2) is 0 Å². The molecule has 0 spiro atoms. The van der Waals surface area contributed by atoms with Crippen LogP contribution in [0.2, 0.25) is 0 Å². The van der Waals surface area contributed by atoms with E-state index in [1.807, 2.05) is 0 Å². The Balaban J connectivity index is 2.23. The summed E-state index contributed by atoms with van der Waals surface area (Å²) >= 11 is 0. The number of aliphatic hydroxyl groups is 1. The molecule has 1 aromatic carbocycles. The molecule has 0 bridgehead atoms. The molecule has 1 aliphatic heterocycles. The van der Waals surface area contributed by atoms with Gasteiger partial charge in [0.25, 0.3) is 0 Å². The summed E-state index contributed by atoms with van der Waals surface area (Å²) in [5.41, 5.74) is -0.661. The summed E-state index contributed by atoms with van der Waals surface area (Å²) in [5.74, 6) is 0. The first kappa shape index (κ1) is 15.0. The lowest BCUT2D eigenvalue weighted by atomic mass is 10.1. The topological polar surface area (TPSA) is 49.8 Å². The second-order valence-corrected chi connectivity index (χ2v) is 4.51. The van der Waals surface area contributed by atoms with Crippen molar-refractivity contribution in [1.29, 1.82) is 0 Å². The molecule has 0 radical (unpaired) electrons. The maximum absolute atomic E-state index is 12.9. The van der Waals surface area contributed by atoms with Crippen molar-refractivity contribution in [2.24, 2.45) is 0 Å². The number of aldehydes is 1. The van der Waals surface area contributed by atoms with Crippen LogP contribution in [0.15, 0.2) is 24.3 Å². The third kappa shape index (κ3) is 3.17. The lowest BCUT2D eigenvalue weighted by molar-refractivity contribution is -0.180. The molecule has 2 atom stereocenters. The summed E-state index contributed by atoms with van der Waals surface area (Å²) in [6.07, 6.45) is -5.27. The molecule has 20 heavy (non-hydrogen) atoms. The summed E-state index contributed by atoms with van der Waals surface area (Å²) in [4.78, 5) is 12.4. The molecule has 2 unspecified atom stereocenters. The first-order valence-corrected chi connectivity index (χ1v) is 6.07. The van der Waals surface area contributed by atoms with Gasteiger partial charge < -0.3 is 14.6 Å². The van der Waals surface area contributed by atoms with Gasteiger partial charge in [-0.2, -0.15) is 13.2 Å². The average Bonchev–Trinajstić information content (AvgIpc) is 2.38. The number of hydrogen-bond donors (Lipinski definition) is 1. The highest BCUT2D eigenvalue weighted by Gasteiger charge is 2.35. The zero-order valence-electron chi connectivity index (χ0n) is 10.5. The van der Waals surface area contributed by atoms with Gasteiger partial charge in [-0.15, -0.1) is 0 Å².